The van der Waals surface area contributed by atoms with Crippen LogP contribution >= 0.6 is 11.3 Å². The van der Waals surface area contributed by atoms with Gasteiger partial charge in [0, 0.05) is 66.8 Å². The van der Waals surface area contributed by atoms with Crippen LogP contribution < -0.4 is 10.6 Å². The minimum absolute atomic E-state index is 0.1000. The maximum Gasteiger partial charge on any atom is 0.226 e. The normalized spacial score (nSPS) is 24.5. The third-order valence-corrected chi connectivity index (χ3v) is 10.6. The van der Waals surface area contributed by atoms with Crippen molar-refractivity contribution in [2.24, 2.45) is 0 Å². The molecule has 210 valence electrons. The summed E-state index contributed by atoms with van der Waals surface area (Å²) >= 11 is 0.964. The third kappa shape index (κ3) is 3.69. The molecule has 2 N–H and O–H groups in total. The number of likely N-dealkylation sites (N-methyl/N-ethyl adjacent to an activating group) is 1. The third-order valence-electron chi connectivity index (χ3n) is 9.57. The van der Waals surface area contributed by atoms with Crippen molar-refractivity contribution in [3.63, 3.8) is 0 Å². The first-order valence-corrected chi connectivity index (χ1v) is 14.8. The summed E-state index contributed by atoms with van der Waals surface area (Å²) in [5.74, 6) is -0.679. The molecule has 0 saturated carbocycles. The molecule has 41 heavy (non-hydrogen) atoms. The SMILES string of the molecule is CN1C2CCC1CN([C@@H]1CCN(c3ncc4c5c(c(-c6ncc(F)c7sc(N)c(C#N)c67)c(F)c4n3)COC5)C1)C2. The number of fused-ring (bicyclic) bond motifs is 6. The number of nitrogen functional groups attached to an aromatic ring is 1. The quantitative estimate of drug-likeness (QED) is 0.388. The minimum atomic E-state index is -0.599. The van der Waals surface area contributed by atoms with E-state index >= 15 is 4.39 Å². The molecule has 3 saturated heterocycles. The van der Waals surface area contributed by atoms with E-state index in [-0.39, 0.29) is 50.6 Å². The molecule has 2 unspecified atom stereocenters. The molecule has 12 heteroatoms. The van der Waals surface area contributed by atoms with Gasteiger partial charge in [0.15, 0.2) is 11.6 Å². The zero-order chi connectivity index (χ0) is 28.0. The maximum absolute atomic E-state index is 16.6. The molecule has 0 spiro atoms. The Balaban J connectivity index is 1.21. The van der Waals surface area contributed by atoms with Crippen LogP contribution in [-0.2, 0) is 18.0 Å². The number of rotatable bonds is 3. The van der Waals surface area contributed by atoms with Crippen LogP contribution in [0.5, 0.6) is 0 Å². The molecule has 3 fully saturated rings. The number of pyridine rings is 1. The fourth-order valence-corrected chi connectivity index (χ4v) is 8.28. The Morgan fingerprint density at radius 2 is 1.83 bits per heavy atom. The van der Waals surface area contributed by atoms with Crippen LogP contribution in [0.25, 0.3) is 32.2 Å². The number of likely N-dealkylation sites (tertiary alicyclic amines) is 1. The fraction of sp³-hybridized carbons (Fsp3) is 0.448. The number of piperazine rings is 1. The number of nitrogens with zero attached hydrogens (tertiary/aromatic N) is 7. The Morgan fingerprint density at radius 3 is 2.61 bits per heavy atom. The Kier molecular flexibility index (Phi) is 5.69. The Hall–Kier alpha value is -3.50. The van der Waals surface area contributed by atoms with Gasteiger partial charge in [0.25, 0.3) is 0 Å². The average Bonchev–Trinajstić information content (AvgIpc) is 3.75. The first-order valence-electron chi connectivity index (χ1n) is 14.0. The number of hydrogen-bond donors (Lipinski definition) is 1. The lowest BCUT2D eigenvalue weighted by Crippen LogP contribution is -2.55. The van der Waals surface area contributed by atoms with Gasteiger partial charge in [-0.1, -0.05) is 0 Å². The van der Waals surface area contributed by atoms with Gasteiger partial charge in [0.1, 0.15) is 16.6 Å². The number of anilines is 2. The number of nitrogens with two attached hydrogens (primary N) is 1. The van der Waals surface area contributed by atoms with Gasteiger partial charge in [0.05, 0.1) is 35.4 Å². The van der Waals surface area contributed by atoms with Crippen LogP contribution in [0.15, 0.2) is 12.4 Å². The van der Waals surface area contributed by atoms with Crippen molar-refractivity contribution in [1.82, 2.24) is 24.8 Å². The second-order valence-corrected chi connectivity index (χ2v) is 12.6. The van der Waals surface area contributed by atoms with Crippen LogP contribution in [0, 0.1) is 23.0 Å². The van der Waals surface area contributed by atoms with Gasteiger partial charge >= 0.3 is 0 Å². The van der Waals surface area contributed by atoms with Gasteiger partial charge in [-0.2, -0.15) is 5.26 Å². The van der Waals surface area contributed by atoms with Crippen LogP contribution in [0.2, 0.25) is 0 Å². The topological polar surface area (TPSA) is 107 Å². The number of nitriles is 1. The molecule has 8 rings (SSSR count). The van der Waals surface area contributed by atoms with Gasteiger partial charge < -0.3 is 15.4 Å². The van der Waals surface area contributed by atoms with E-state index < -0.39 is 11.6 Å². The highest BCUT2D eigenvalue weighted by molar-refractivity contribution is 7.23. The summed E-state index contributed by atoms with van der Waals surface area (Å²) in [7, 11) is 2.25. The van der Waals surface area contributed by atoms with Crippen LogP contribution in [0.4, 0.5) is 19.7 Å². The molecular formula is C29H28F2N8OS. The predicted octanol–water partition coefficient (Wildman–Crippen LogP) is 4.03. The molecule has 0 radical (unpaired) electrons. The summed E-state index contributed by atoms with van der Waals surface area (Å²) in [6.45, 7) is 4.23. The number of ether oxygens (including phenoxy) is 1. The maximum atomic E-state index is 16.6. The number of thiophene rings is 1. The first-order chi connectivity index (χ1) is 19.9. The Bertz CT molecular complexity index is 1770. The van der Waals surface area contributed by atoms with Crippen LogP contribution in [0.1, 0.15) is 36.0 Å². The monoisotopic (exact) mass is 574 g/mol. The van der Waals surface area contributed by atoms with Gasteiger partial charge in [-0.3, -0.25) is 14.8 Å². The van der Waals surface area contributed by atoms with Crippen LogP contribution in [0.3, 0.4) is 0 Å². The van der Waals surface area contributed by atoms with E-state index in [0.717, 1.165) is 55.7 Å². The summed E-state index contributed by atoms with van der Waals surface area (Å²) in [6, 6.07) is 3.73. The van der Waals surface area contributed by atoms with Crippen molar-refractivity contribution >= 4 is 43.3 Å². The zero-order valence-corrected chi connectivity index (χ0v) is 23.3. The molecule has 0 amide bonds. The Morgan fingerprint density at radius 1 is 1.05 bits per heavy atom. The molecule has 4 aliphatic heterocycles. The number of benzene rings is 1. The summed E-state index contributed by atoms with van der Waals surface area (Å²) in [5.41, 5.74) is 8.10. The standard InChI is InChI=1S/C29H28F2N8OS/c1-37-14-2-3-15(37)10-39(9-14)16-4-5-38(11-16)29-35-7-18-19-12-40-13-20(19)22(24(31)25(18)36-29)26-23-17(6-32)28(33)41-27(23)21(30)8-34-26/h7-8,14-16H,2-5,9-13,33H2,1H3/t14?,15?,16-/m1/s1. The van der Waals surface area contributed by atoms with E-state index in [1.165, 1.54) is 12.8 Å². The van der Waals surface area contributed by atoms with Gasteiger partial charge in [-0.25, -0.2) is 18.7 Å². The summed E-state index contributed by atoms with van der Waals surface area (Å²) in [6.07, 6.45) is 6.30. The number of aromatic nitrogens is 3. The second-order valence-electron chi connectivity index (χ2n) is 11.6. The summed E-state index contributed by atoms with van der Waals surface area (Å²) in [5, 5.41) is 10.8. The van der Waals surface area contributed by atoms with Gasteiger partial charge in [-0.15, -0.1) is 11.3 Å². The van der Waals surface area contributed by atoms with Crippen molar-refractivity contribution in [2.75, 3.05) is 43.9 Å². The van der Waals surface area contributed by atoms with Gasteiger partial charge in [-0.05, 0) is 37.4 Å². The predicted molar refractivity (Wildman–Crippen MR) is 152 cm³/mol. The lowest BCUT2D eigenvalue weighted by Gasteiger charge is -2.41. The lowest BCUT2D eigenvalue weighted by molar-refractivity contribution is 0.0639. The molecule has 9 nitrogen and oxygen atoms in total. The van der Waals surface area contributed by atoms with E-state index in [1.54, 1.807) is 6.20 Å². The summed E-state index contributed by atoms with van der Waals surface area (Å²) < 4.78 is 37.3. The van der Waals surface area contributed by atoms with Crippen molar-refractivity contribution in [2.45, 2.75) is 50.6 Å². The molecular weight excluding hydrogens is 546 g/mol. The molecule has 7 heterocycles. The highest BCUT2D eigenvalue weighted by Crippen LogP contribution is 2.45. The molecule has 4 aromatic rings. The summed E-state index contributed by atoms with van der Waals surface area (Å²) in [4.78, 5) is 21.0. The van der Waals surface area contributed by atoms with Gasteiger partial charge in [0.2, 0.25) is 5.95 Å². The minimum Gasteiger partial charge on any atom is -0.389 e. The number of halogens is 2. The average molecular weight is 575 g/mol. The Labute approximate surface area is 239 Å². The molecule has 3 aromatic heterocycles. The molecule has 1 aromatic carbocycles. The van der Waals surface area contributed by atoms with Crippen LogP contribution in [-0.4, -0.2) is 76.1 Å². The van der Waals surface area contributed by atoms with Crippen molar-refractivity contribution in [3.8, 4) is 17.3 Å². The highest BCUT2D eigenvalue weighted by Gasteiger charge is 2.41. The van der Waals surface area contributed by atoms with E-state index in [1.807, 2.05) is 0 Å². The van der Waals surface area contributed by atoms with E-state index in [2.05, 4.69) is 37.8 Å². The molecule has 2 bridgehead atoms. The molecule has 0 aliphatic carbocycles. The smallest absolute Gasteiger partial charge is 0.226 e. The second kappa shape index (κ2) is 9.25. The van der Waals surface area contributed by atoms with Crippen molar-refractivity contribution in [3.05, 3.63) is 40.7 Å². The zero-order valence-electron chi connectivity index (χ0n) is 22.5. The van der Waals surface area contributed by atoms with E-state index in [9.17, 15) is 9.65 Å². The molecule has 4 aliphatic rings. The highest BCUT2D eigenvalue weighted by atomic mass is 32.1. The first kappa shape index (κ1) is 25.2. The lowest BCUT2D eigenvalue weighted by atomic mass is 9.94. The van der Waals surface area contributed by atoms with E-state index in [0.29, 0.717) is 35.0 Å². The molecule has 3 atom stereocenters. The van der Waals surface area contributed by atoms with Crippen molar-refractivity contribution in [1.29, 1.82) is 5.26 Å². The van der Waals surface area contributed by atoms with Crippen molar-refractivity contribution < 1.29 is 13.5 Å². The largest absolute Gasteiger partial charge is 0.389 e. The number of hydrogen-bond acceptors (Lipinski definition) is 10. The van der Waals surface area contributed by atoms with E-state index in [4.69, 9.17) is 15.5 Å². The fourth-order valence-electron chi connectivity index (χ4n) is 7.36.